The maximum atomic E-state index is 11.3. The Hall–Kier alpha value is -0.980. The van der Waals surface area contributed by atoms with Gasteiger partial charge in [-0.3, -0.25) is 4.79 Å². The Balaban J connectivity index is 0.00000256. The van der Waals surface area contributed by atoms with Crippen LogP contribution in [0.3, 0.4) is 0 Å². The SMILES string of the molecule is COC(=O)[C@@H](N)c1cc(OC)cc(Br)c1O.Cl. The van der Waals surface area contributed by atoms with Gasteiger partial charge in [-0.15, -0.1) is 12.4 Å². The lowest BCUT2D eigenvalue weighted by Gasteiger charge is -2.13. The summed E-state index contributed by atoms with van der Waals surface area (Å²) in [6, 6.07) is 2.02. The van der Waals surface area contributed by atoms with Crippen molar-refractivity contribution >= 4 is 34.3 Å². The summed E-state index contributed by atoms with van der Waals surface area (Å²) in [7, 11) is 2.71. The predicted octanol–water partition coefficient (Wildman–Crippen LogP) is 1.76. The van der Waals surface area contributed by atoms with Gasteiger partial charge in [0.2, 0.25) is 0 Å². The molecule has 0 aliphatic carbocycles. The van der Waals surface area contributed by atoms with Crippen molar-refractivity contribution in [1.29, 1.82) is 0 Å². The van der Waals surface area contributed by atoms with E-state index in [9.17, 15) is 9.90 Å². The molecule has 0 heterocycles. The largest absolute Gasteiger partial charge is 0.506 e. The fourth-order valence-corrected chi connectivity index (χ4v) is 1.66. The summed E-state index contributed by atoms with van der Waals surface area (Å²) in [5, 5.41) is 9.74. The molecule has 0 unspecified atom stereocenters. The van der Waals surface area contributed by atoms with Crippen LogP contribution in [-0.2, 0) is 9.53 Å². The van der Waals surface area contributed by atoms with E-state index in [4.69, 9.17) is 10.5 Å². The van der Waals surface area contributed by atoms with Crippen LogP contribution < -0.4 is 10.5 Å². The molecule has 0 saturated carbocycles. The summed E-state index contributed by atoms with van der Waals surface area (Å²) in [6.45, 7) is 0. The van der Waals surface area contributed by atoms with Crippen LogP contribution in [0.25, 0.3) is 0 Å². The molecule has 0 aromatic heterocycles. The smallest absolute Gasteiger partial charge is 0.327 e. The summed E-state index contributed by atoms with van der Waals surface area (Å²) < 4.78 is 9.91. The molecule has 5 nitrogen and oxygen atoms in total. The minimum Gasteiger partial charge on any atom is -0.506 e. The fourth-order valence-electron chi connectivity index (χ4n) is 1.20. The van der Waals surface area contributed by atoms with Gasteiger partial charge in [0, 0.05) is 5.56 Å². The summed E-state index contributed by atoms with van der Waals surface area (Å²) >= 11 is 3.14. The van der Waals surface area contributed by atoms with Gasteiger partial charge < -0.3 is 20.3 Å². The van der Waals surface area contributed by atoms with Crippen LogP contribution in [0.1, 0.15) is 11.6 Å². The average molecular weight is 327 g/mol. The van der Waals surface area contributed by atoms with E-state index in [2.05, 4.69) is 20.7 Å². The van der Waals surface area contributed by atoms with Crippen molar-refractivity contribution in [3.05, 3.63) is 22.2 Å². The highest BCUT2D eigenvalue weighted by atomic mass is 79.9. The van der Waals surface area contributed by atoms with Crippen molar-refractivity contribution in [1.82, 2.24) is 0 Å². The molecular formula is C10H13BrClNO4. The standard InChI is InChI=1S/C10H12BrNO4.ClH/c1-15-5-3-6(8(12)10(14)16-2)9(13)7(11)4-5;/h3-4,8,13H,12H2,1-2H3;1H/t8-;/m0./s1. The first-order valence-electron chi connectivity index (χ1n) is 4.41. The van der Waals surface area contributed by atoms with Crippen molar-refractivity contribution in [3.63, 3.8) is 0 Å². The lowest BCUT2D eigenvalue weighted by molar-refractivity contribution is -0.142. The molecule has 0 amide bonds. The van der Waals surface area contributed by atoms with Crippen LogP contribution in [0, 0.1) is 0 Å². The summed E-state index contributed by atoms with van der Waals surface area (Å²) in [5.74, 6) is -0.242. The van der Waals surface area contributed by atoms with Crippen molar-refractivity contribution < 1.29 is 19.4 Å². The van der Waals surface area contributed by atoms with Gasteiger partial charge in [-0.1, -0.05) is 0 Å². The number of halogens is 2. The number of carbonyl (C=O) groups excluding carboxylic acids is 1. The van der Waals surface area contributed by atoms with Crippen LogP contribution >= 0.6 is 28.3 Å². The first kappa shape index (κ1) is 16.0. The number of rotatable bonds is 3. The Morgan fingerprint density at radius 3 is 2.53 bits per heavy atom. The fraction of sp³-hybridized carbons (Fsp3) is 0.300. The Bertz CT molecular complexity index is 414. The number of phenolic OH excluding ortho intramolecular Hbond substituents is 1. The Morgan fingerprint density at radius 1 is 1.47 bits per heavy atom. The Labute approximate surface area is 113 Å². The van der Waals surface area contributed by atoms with Crippen molar-refractivity contribution in [2.45, 2.75) is 6.04 Å². The van der Waals surface area contributed by atoms with Gasteiger partial charge in [0.1, 0.15) is 17.5 Å². The number of nitrogens with two attached hydrogens (primary N) is 1. The van der Waals surface area contributed by atoms with E-state index in [0.717, 1.165) is 0 Å². The first-order valence-corrected chi connectivity index (χ1v) is 5.20. The molecule has 1 atom stereocenters. The number of aromatic hydroxyl groups is 1. The Morgan fingerprint density at radius 2 is 2.06 bits per heavy atom. The lowest BCUT2D eigenvalue weighted by Crippen LogP contribution is -2.22. The highest BCUT2D eigenvalue weighted by Crippen LogP contribution is 2.35. The van der Waals surface area contributed by atoms with Crippen LogP contribution in [0.15, 0.2) is 16.6 Å². The molecule has 0 bridgehead atoms. The Kier molecular flexibility index (Phi) is 6.30. The van der Waals surface area contributed by atoms with Gasteiger partial charge in [0.05, 0.1) is 18.7 Å². The maximum absolute atomic E-state index is 11.3. The van der Waals surface area contributed by atoms with E-state index in [-0.39, 0.29) is 23.7 Å². The molecule has 3 N–H and O–H groups in total. The van der Waals surface area contributed by atoms with Crippen LogP contribution in [0.2, 0.25) is 0 Å². The van der Waals surface area contributed by atoms with Crippen LogP contribution in [-0.4, -0.2) is 25.3 Å². The molecule has 0 radical (unpaired) electrons. The van der Waals surface area contributed by atoms with E-state index in [1.54, 1.807) is 6.07 Å². The molecule has 96 valence electrons. The first-order chi connectivity index (χ1) is 7.51. The molecule has 0 spiro atoms. The molecule has 0 aliphatic heterocycles. The highest BCUT2D eigenvalue weighted by Gasteiger charge is 2.22. The number of carbonyl (C=O) groups is 1. The van der Waals surface area contributed by atoms with Crippen molar-refractivity contribution in [2.24, 2.45) is 5.73 Å². The minimum absolute atomic E-state index is 0. The molecule has 0 fully saturated rings. The molecular weight excluding hydrogens is 313 g/mol. The summed E-state index contributed by atoms with van der Waals surface area (Å²) in [4.78, 5) is 11.3. The third-order valence-corrected chi connectivity index (χ3v) is 2.70. The second-order valence-electron chi connectivity index (χ2n) is 3.05. The number of hydrogen-bond donors (Lipinski definition) is 2. The van der Waals surface area contributed by atoms with Gasteiger partial charge in [-0.2, -0.15) is 0 Å². The third kappa shape index (κ3) is 3.49. The maximum Gasteiger partial charge on any atom is 0.327 e. The van der Waals surface area contributed by atoms with E-state index in [0.29, 0.717) is 10.2 Å². The summed E-state index contributed by atoms with van der Waals surface area (Å²) in [6.07, 6.45) is 0. The number of ether oxygens (including phenoxy) is 2. The zero-order valence-electron chi connectivity index (χ0n) is 9.27. The van der Waals surface area contributed by atoms with Gasteiger partial charge in [0.15, 0.2) is 0 Å². The minimum atomic E-state index is -1.05. The molecule has 0 saturated heterocycles. The van der Waals surface area contributed by atoms with Gasteiger partial charge in [-0.25, -0.2) is 0 Å². The zero-order chi connectivity index (χ0) is 12.3. The van der Waals surface area contributed by atoms with Gasteiger partial charge >= 0.3 is 5.97 Å². The monoisotopic (exact) mass is 325 g/mol. The third-order valence-electron chi connectivity index (χ3n) is 2.09. The second-order valence-corrected chi connectivity index (χ2v) is 3.90. The molecule has 1 aromatic rings. The van der Waals surface area contributed by atoms with Gasteiger partial charge in [-0.05, 0) is 28.1 Å². The highest BCUT2D eigenvalue weighted by molar-refractivity contribution is 9.10. The van der Waals surface area contributed by atoms with Crippen molar-refractivity contribution in [2.75, 3.05) is 14.2 Å². The van der Waals surface area contributed by atoms with E-state index in [1.165, 1.54) is 20.3 Å². The molecule has 0 aliphatic rings. The normalized spacial score (nSPS) is 11.3. The number of esters is 1. The van der Waals surface area contributed by atoms with E-state index < -0.39 is 12.0 Å². The molecule has 1 rings (SSSR count). The van der Waals surface area contributed by atoms with Crippen molar-refractivity contribution in [3.8, 4) is 11.5 Å². The number of benzene rings is 1. The number of methoxy groups -OCH3 is 2. The van der Waals surface area contributed by atoms with Crippen LogP contribution in [0.5, 0.6) is 11.5 Å². The number of hydrogen-bond acceptors (Lipinski definition) is 5. The summed E-state index contributed by atoms with van der Waals surface area (Å²) in [5.41, 5.74) is 5.88. The zero-order valence-corrected chi connectivity index (χ0v) is 11.7. The number of phenols is 1. The molecule has 1 aromatic carbocycles. The van der Waals surface area contributed by atoms with E-state index in [1.807, 2.05) is 0 Å². The van der Waals surface area contributed by atoms with Gasteiger partial charge in [0.25, 0.3) is 0 Å². The lowest BCUT2D eigenvalue weighted by atomic mass is 10.1. The molecule has 7 heteroatoms. The van der Waals surface area contributed by atoms with Crippen LogP contribution in [0.4, 0.5) is 0 Å². The second kappa shape index (κ2) is 6.68. The molecule has 17 heavy (non-hydrogen) atoms. The average Bonchev–Trinajstić information content (AvgIpc) is 2.30. The van der Waals surface area contributed by atoms with E-state index >= 15 is 0 Å². The predicted molar refractivity (Wildman–Crippen MR) is 68.6 cm³/mol. The topological polar surface area (TPSA) is 81.8 Å². The quantitative estimate of drug-likeness (QED) is 0.827.